The second-order valence-corrected chi connectivity index (χ2v) is 14.2. The quantitative estimate of drug-likeness (QED) is 0.128. The summed E-state index contributed by atoms with van der Waals surface area (Å²) < 4.78 is 14.0. The molecule has 2 aliphatic heterocycles. The maximum Gasteiger partial charge on any atom is 0.410 e. The van der Waals surface area contributed by atoms with Crippen molar-refractivity contribution in [2.24, 2.45) is 0 Å². The second kappa shape index (κ2) is 29.2. The molecule has 9 heteroatoms. The van der Waals surface area contributed by atoms with Crippen LogP contribution in [-0.4, -0.2) is 93.8 Å². The topological polar surface area (TPSA) is 80.1 Å². The molecule has 1 atom stereocenters. The number of hydrogen-bond donors (Lipinski definition) is 0. The van der Waals surface area contributed by atoms with E-state index in [2.05, 4.69) is 62.0 Å². The summed E-state index contributed by atoms with van der Waals surface area (Å²) in [6.07, 6.45) is 15.7. The van der Waals surface area contributed by atoms with Crippen LogP contribution in [0.3, 0.4) is 0 Å². The summed E-state index contributed by atoms with van der Waals surface area (Å²) in [5.41, 5.74) is 4.53. The first-order valence-electron chi connectivity index (χ1n) is 21.7. The molecule has 0 radical (unpaired) electrons. The second-order valence-electron chi connectivity index (χ2n) is 14.2. The minimum atomic E-state index is -0.477. The Bertz CT molecular complexity index is 1540. The summed E-state index contributed by atoms with van der Waals surface area (Å²) in [6.45, 7) is 39.5. The van der Waals surface area contributed by atoms with Gasteiger partial charge in [-0.1, -0.05) is 84.9 Å². The van der Waals surface area contributed by atoms with Gasteiger partial charge in [0.2, 0.25) is 0 Å². The highest BCUT2D eigenvalue weighted by atomic mass is 16.6. The largest absolute Gasteiger partial charge is 0.493 e. The van der Waals surface area contributed by atoms with Gasteiger partial charge in [0.1, 0.15) is 17.2 Å². The van der Waals surface area contributed by atoms with Gasteiger partial charge >= 0.3 is 6.09 Å². The van der Waals surface area contributed by atoms with Crippen molar-refractivity contribution in [2.45, 2.75) is 148 Å². The summed E-state index contributed by atoms with van der Waals surface area (Å²) in [7, 11) is 0. The Morgan fingerprint density at radius 1 is 0.947 bits per heavy atom. The van der Waals surface area contributed by atoms with E-state index in [1.54, 1.807) is 4.90 Å². The van der Waals surface area contributed by atoms with Gasteiger partial charge < -0.3 is 23.8 Å². The average molecular weight is 792 g/mol. The Kier molecular flexibility index (Phi) is 27.1. The number of rotatable bonds is 11. The number of aromatic nitrogens is 2. The molecule has 1 fully saturated rings. The first kappa shape index (κ1) is 52.9. The van der Waals surface area contributed by atoms with Gasteiger partial charge in [0.25, 0.3) is 5.91 Å². The van der Waals surface area contributed by atoms with E-state index in [1.807, 2.05) is 117 Å². The van der Waals surface area contributed by atoms with Crippen LogP contribution in [0.2, 0.25) is 0 Å². The van der Waals surface area contributed by atoms with Gasteiger partial charge in [-0.3, -0.25) is 9.69 Å². The number of fused-ring (bicyclic) bond motifs is 1. The van der Waals surface area contributed by atoms with Crippen LogP contribution in [0.15, 0.2) is 61.2 Å². The minimum absolute atomic E-state index is 0.0275. The van der Waals surface area contributed by atoms with Crippen LogP contribution in [0.4, 0.5) is 4.79 Å². The fourth-order valence-corrected chi connectivity index (χ4v) is 6.39. The van der Waals surface area contributed by atoms with Crippen LogP contribution in [0.1, 0.15) is 142 Å². The Morgan fingerprint density at radius 2 is 1.58 bits per heavy atom. The standard InChI is InChI=1S/C38H55N5O4.C4H8.3C2H6/c1-9-11-12-13-14-20-43-30(5)39-33-18-21-42(29(4)32(10-2)35(33)43)36(44)31-16-17-34(28(3)27-31)46-26-15-19-40-22-24-41(25-23-40)37(45)47-38(6,7)8;1-3-4-2;3*1-2/h9-13,16-17,27,29H,14-15,18-26H2,1-8H3;3H,1,4H2,2H3;3*1-2H3/b11-9-,13-12-,32-10+;;;;. The third-order valence-electron chi connectivity index (χ3n) is 9.15. The molecule has 0 bridgehead atoms. The third kappa shape index (κ3) is 17.5. The van der Waals surface area contributed by atoms with Gasteiger partial charge in [0, 0.05) is 57.8 Å². The number of ether oxygens (including phenoxy) is 2. The lowest BCUT2D eigenvalue weighted by atomic mass is 10.0. The molecule has 4 rings (SSSR count). The molecule has 9 nitrogen and oxygen atoms in total. The molecule has 0 aliphatic carbocycles. The first-order chi connectivity index (χ1) is 27.3. The van der Waals surface area contributed by atoms with Crippen molar-refractivity contribution in [1.82, 2.24) is 24.3 Å². The van der Waals surface area contributed by atoms with Crippen LogP contribution >= 0.6 is 0 Å². The third-order valence-corrected chi connectivity index (χ3v) is 9.15. The van der Waals surface area contributed by atoms with Crippen molar-refractivity contribution < 1.29 is 19.1 Å². The Labute approximate surface area is 348 Å². The van der Waals surface area contributed by atoms with Crippen molar-refractivity contribution in [2.75, 3.05) is 45.9 Å². The lowest BCUT2D eigenvalue weighted by Crippen LogP contribution is -2.50. The SMILES string of the molecule is C/C=C\C=C/CCn1c(C)nc2c1/C(=C/C)C(C)N(C(=O)c1ccc(OCCCN3CCN(C(=O)OC(C)(C)C)CC3)c(C)c1)CC2.C=CCC.CC.CC.CC. The summed E-state index contributed by atoms with van der Waals surface area (Å²) in [5.74, 6) is 1.85. The van der Waals surface area contributed by atoms with Gasteiger partial charge in [0.15, 0.2) is 0 Å². The zero-order valence-corrected chi connectivity index (χ0v) is 38.8. The predicted octanol–water partition coefficient (Wildman–Crippen LogP) is 11.5. The molecular formula is C48H81N5O4. The molecule has 0 spiro atoms. The molecule has 57 heavy (non-hydrogen) atoms. The van der Waals surface area contributed by atoms with E-state index in [1.165, 1.54) is 0 Å². The maximum atomic E-state index is 13.9. The Balaban J connectivity index is 0.00000286. The van der Waals surface area contributed by atoms with Crippen LogP contribution < -0.4 is 4.74 Å². The van der Waals surface area contributed by atoms with E-state index < -0.39 is 5.60 Å². The number of benzene rings is 1. The number of piperazine rings is 1. The maximum absolute atomic E-state index is 13.9. The van der Waals surface area contributed by atoms with Crippen LogP contribution in [0.5, 0.6) is 5.75 Å². The normalized spacial score (nSPS) is 16.1. The molecule has 0 saturated carbocycles. The van der Waals surface area contributed by atoms with Crippen molar-refractivity contribution in [1.29, 1.82) is 0 Å². The number of carbonyl (C=O) groups is 2. The average Bonchev–Trinajstić information content (AvgIpc) is 3.44. The number of amides is 2. The van der Waals surface area contributed by atoms with Crippen LogP contribution in [0.25, 0.3) is 5.57 Å². The van der Waals surface area contributed by atoms with Gasteiger partial charge in [-0.05, 0) is 104 Å². The van der Waals surface area contributed by atoms with Crippen molar-refractivity contribution in [3.63, 3.8) is 0 Å². The van der Waals surface area contributed by atoms with Gasteiger partial charge in [-0.25, -0.2) is 9.78 Å². The summed E-state index contributed by atoms with van der Waals surface area (Å²) in [5, 5.41) is 0. The van der Waals surface area contributed by atoms with E-state index in [0.29, 0.717) is 31.8 Å². The highest BCUT2D eigenvalue weighted by Gasteiger charge is 2.32. The van der Waals surface area contributed by atoms with Gasteiger partial charge in [-0.15, -0.1) is 6.58 Å². The van der Waals surface area contributed by atoms with Gasteiger partial charge in [0.05, 0.1) is 24.0 Å². The molecule has 1 aromatic carbocycles. The molecule has 3 heterocycles. The highest BCUT2D eigenvalue weighted by molar-refractivity contribution is 5.96. The molecular weight excluding hydrogens is 711 g/mol. The Hall–Kier alpha value is -4.11. The van der Waals surface area contributed by atoms with Crippen LogP contribution in [-0.2, 0) is 17.7 Å². The van der Waals surface area contributed by atoms with E-state index in [0.717, 1.165) is 86.0 Å². The number of carbonyl (C=O) groups excluding carboxylic acids is 2. The molecule has 2 aromatic rings. The highest BCUT2D eigenvalue weighted by Crippen LogP contribution is 2.32. The molecule has 0 N–H and O–H groups in total. The van der Waals surface area contributed by atoms with E-state index in [9.17, 15) is 9.59 Å². The van der Waals surface area contributed by atoms with Crippen molar-refractivity contribution >= 4 is 17.6 Å². The minimum Gasteiger partial charge on any atom is -0.493 e. The molecule has 1 aromatic heterocycles. The van der Waals surface area contributed by atoms with E-state index in [-0.39, 0.29) is 18.0 Å². The van der Waals surface area contributed by atoms with E-state index >= 15 is 0 Å². The lowest BCUT2D eigenvalue weighted by molar-refractivity contribution is 0.0142. The fraction of sp³-hybridized carbons (Fsp3) is 0.604. The zero-order valence-electron chi connectivity index (χ0n) is 38.8. The lowest BCUT2D eigenvalue weighted by Gasteiger charge is -2.35. The summed E-state index contributed by atoms with van der Waals surface area (Å²) >= 11 is 0. The number of nitrogens with zero attached hydrogens (tertiary/aromatic N) is 5. The summed E-state index contributed by atoms with van der Waals surface area (Å²) in [4.78, 5) is 37.3. The monoisotopic (exact) mass is 792 g/mol. The molecule has 1 unspecified atom stereocenters. The smallest absolute Gasteiger partial charge is 0.410 e. The number of imidazole rings is 1. The number of aryl methyl sites for hydroxylation is 2. The van der Waals surface area contributed by atoms with E-state index in [4.69, 9.17) is 14.5 Å². The molecule has 1 saturated heterocycles. The predicted molar refractivity (Wildman–Crippen MR) is 243 cm³/mol. The fourth-order valence-electron chi connectivity index (χ4n) is 6.39. The summed E-state index contributed by atoms with van der Waals surface area (Å²) in [6, 6.07) is 5.69. The number of allylic oxidation sites excluding steroid dienone is 6. The molecule has 2 aliphatic rings. The Morgan fingerprint density at radius 3 is 2.12 bits per heavy atom. The zero-order chi connectivity index (χ0) is 43.6. The molecule has 322 valence electrons. The number of hydrogen-bond acceptors (Lipinski definition) is 6. The first-order valence-corrected chi connectivity index (χ1v) is 21.7. The van der Waals surface area contributed by atoms with Gasteiger partial charge in [-0.2, -0.15) is 0 Å². The van der Waals surface area contributed by atoms with Crippen LogP contribution in [0, 0.1) is 13.8 Å². The molecule has 2 amide bonds. The van der Waals surface area contributed by atoms with Crippen molar-refractivity contribution in [3.8, 4) is 5.75 Å². The van der Waals surface area contributed by atoms with Crippen molar-refractivity contribution in [3.05, 3.63) is 89.6 Å².